The van der Waals surface area contributed by atoms with Gasteiger partial charge in [-0.25, -0.2) is 0 Å². The molecule has 1 fully saturated rings. The summed E-state index contributed by atoms with van der Waals surface area (Å²) in [6.07, 6.45) is 1.62. The van der Waals surface area contributed by atoms with Gasteiger partial charge in [-0.2, -0.15) is 10.5 Å². The maximum atomic E-state index is 12.7. The second-order valence-corrected chi connectivity index (χ2v) is 6.04. The summed E-state index contributed by atoms with van der Waals surface area (Å²) in [6.45, 7) is 0. The number of carbonyl (C=O) groups is 1. The standard InChI is InChI=1S/C18H14N6O/c19-11-12-1-5-14(6-2-12)18(9-10-18)17(25)20-15-7-3-13(4-8-15)16-21-23-24-22-16/h1-8H,9-10H2,(H,20,25)(H,21,22,23,24). The molecule has 0 saturated heterocycles. The molecule has 122 valence electrons. The largest absolute Gasteiger partial charge is 0.325 e. The highest BCUT2D eigenvalue weighted by atomic mass is 16.2. The van der Waals surface area contributed by atoms with Crippen LogP contribution in [0.15, 0.2) is 48.5 Å². The Morgan fingerprint density at radius 1 is 1.12 bits per heavy atom. The molecule has 7 nitrogen and oxygen atoms in total. The Labute approximate surface area is 143 Å². The summed E-state index contributed by atoms with van der Waals surface area (Å²) in [7, 11) is 0. The number of hydrogen-bond donors (Lipinski definition) is 2. The van der Waals surface area contributed by atoms with Crippen LogP contribution in [0.25, 0.3) is 11.4 Å². The van der Waals surface area contributed by atoms with Gasteiger partial charge in [0.25, 0.3) is 0 Å². The summed E-state index contributed by atoms with van der Waals surface area (Å²) in [4.78, 5) is 12.7. The predicted molar refractivity (Wildman–Crippen MR) is 90.3 cm³/mol. The van der Waals surface area contributed by atoms with Gasteiger partial charge in [0.1, 0.15) is 0 Å². The first-order valence-corrected chi connectivity index (χ1v) is 7.87. The van der Waals surface area contributed by atoms with Crippen molar-refractivity contribution in [2.45, 2.75) is 18.3 Å². The first kappa shape index (κ1) is 15.0. The number of nitriles is 1. The summed E-state index contributed by atoms with van der Waals surface area (Å²) in [5, 5.41) is 25.7. The van der Waals surface area contributed by atoms with Gasteiger partial charge in [-0.05, 0) is 60.0 Å². The highest BCUT2D eigenvalue weighted by Crippen LogP contribution is 2.49. The fourth-order valence-electron chi connectivity index (χ4n) is 2.87. The number of anilines is 1. The number of hydrogen-bond acceptors (Lipinski definition) is 5. The van der Waals surface area contributed by atoms with Gasteiger partial charge in [0.05, 0.1) is 17.0 Å². The summed E-state index contributed by atoms with van der Waals surface area (Å²) in [6, 6.07) is 16.6. The minimum Gasteiger partial charge on any atom is -0.325 e. The molecule has 0 aliphatic heterocycles. The minimum absolute atomic E-state index is 0.0236. The van der Waals surface area contributed by atoms with Crippen LogP contribution in [0.3, 0.4) is 0 Å². The zero-order valence-corrected chi connectivity index (χ0v) is 13.2. The summed E-state index contributed by atoms with van der Waals surface area (Å²) in [5.41, 5.74) is 2.60. The number of aromatic nitrogens is 4. The molecule has 1 aromatic heterocycles. The molecule has 0 atom stereocenters. The first-order chi connectivity index (χ1) is 12.2. The number of carbonyl (C=O) groups excluding carboxylic acids is 1. The van der Waals surface area contributed by atoms with Gasteiger partial charge in [0.2, 0.25) is 11.7 Å². The third-order valence-corrected chi connectivity index (χ3v) is 4.50. The van der Waals surface area contributed by atoms with E-state index in [9.17, 15) is 4.79 Å². The van der Waals surface area contributed by atoms with E-state index in [1.165, 1.54) is 0 Å². The molecule has 2 N–H and O–H groups in total. The van der Waals surface area contributed by atoms with Crippen molar-refractivity contribution < 1.29 is 4.79 Å². The molecular formula is C18H14N6O. The monoisotopic (exact) mass is 330 g/mol. The number of aromatic amines is 1. The van der Waals surface area contributed by atoms with Crippen molar-refractivity contribution in [1.82, 2.24) is 20.6 Å². The van der Waals surface area contributed by atoms with Crippen LogP contribution in [-0.2, 0) is 10.2 Å². The Kier molecular flexibility index (Phi) is 3.51. The van der Waals surface area contributed by atoms with Gasteiger partial charge in [0.15, 0.2) is 0 Å². The molecule has 3 aromatic rings. The average molecular weight is 330 g/mol. The lowest BCUT2D eigenvalue weighted by Gasteiger charge is -2.16. The smallest absolute Gasteiger partial charge is 0.235 e. The van der Waals surface area contributed by atoms with Crippen molar-refractivity contribution in [1.29, 1.82) is 5.26 Å². The molecule has 1 aliphatic rings. The van der Waals surface area contributed by atoms with Crippen molar-refractivity contribution in [3.63, 3.8) is 0 Å². The van der Waals surface area contributed by atoms with Crippen LogP contribution in [-0.4, -0.2) is 26.5 Å². The molecule has 0 radical (unpaired) electrons. The van der Waals surface area contributed by atoms with E-state index >= 15 is 0 Å². The minimum atomic E-state index is -0.486. The van der Waals surface area contributed by atoms with Crippen LogP contribution in [0, 0.1) is 11.3 Å². The lowest BCUT2D eigenvalue weighted by atomic mass is 9.94. The molecule has 1 amide bonds. The molecule has 1 heterocycles. The van der Waals surface area contributed by atoms with Crippen molar-refractivity contribution in [2.24, 2.45) is 0 Å². The molecule has 2 aromatic carbocycles. The van der Waals surface area contributed by atoms with Crippen LogP contribution in [0.1, 0.15) is 24.0 Å². The van der Waals surface area contributed by atoms with E-state index in [4.69, 9.17) is 5.26 Å². The van der Waals surface area contributed by atoms with Crippen LogP contribution in [0.2, 0.25) is 0 Å². The zero-order chi connectivity index (χ0) is 17.3. The summed E-state index contributed by atoms with van der Waals surface area (Å²) < 4.78 is 0. The van der Waals surface area contributed by atoms with E-state index in [2.05, 4.69) is 32.0 Å². The third kappa shape index (κ3) is 2.74. The van der Waals surface area contributed by atoms with Crippen molar-refractivity contribution >= 4 is 11.6 Å². The SMILES string of the molecule is N#Cc1ccc(C2(C(=O)Nc3ccc(-c4nn[nH]n4)cc3)CC2)cc1. The maximum absolute atomic E-state index is 12.7. The van der Waals surface area contributed by atoms with E-state index in [1.807, 2.05) is 36.4 Å². The van der Waals surface area contributed by atoms with E-state index < -0.39 is 5.41 Å². The van der Waals surface area contributed by atoms with Crippen LogP contribution >= 0.6 is 0 Å². The fraction of sp³-hybridized carbons (Fsp3) is 0.167. The van der Waals surface area contributed by atoms with Gasteiger partial charge in [-0.1, -0.05) is 12.1 Å². The number of nitrogens with one attached hydrogen (secondary N) is 2. The molecule has 4 rings (SSSR count). The highest BCUT2D eigenvalue weighted by Gasteiger charge is 2.51. The van der Waals surface area contributed by atoms with Gasteiger partial charge >= 0.3 is 0 Å². The summed E-state index contributed by atoms with van der Waals surface area (Å²) in [5.74, 6) is 0.485. The van der Waals surface area contributed by atoms with Gasteiger partial charge < -0.3 is 5.32 Å². The zero-order valence-electron chi connectivity index (χ0n) is 13.2. The lowest BCUT2D eigenvalue weighted by Crippen LogP contribution is -2.27. The van der Waals surface area contributed by atoms with Gasteiger partial charge in [-0.15, -0.1) is 10.2 Å². The van der Waals surface area contributed by atoms with Crippen molar-refractivity contribution in [2.75, 3.05) is 5.32 Å². The van der Waals surface area contributed by atoms with Crippen LogP contribution < -0.4 is 5.32 Å². The number of nitrogens with zero attached hydrogens (tertiary/aromatic N) is 4. The molecule has 1 saturated carbocycles. The number of benzene rings is 2. The summed E-state index contributed by atoms with van der Waals surface area (Å²) >= 11 is 0. The molecule has 1 aliphatic carbocycles. The normalized spacial score (nSPS) is 14.5. The van der Waals surface area contributed by atoms with E-state index in [1.54, 1.807) is 12.1 Å². The maximum Gasteiger partial charge on any atom is 0.235 e. The Bertz CT molecular complexity index is 935. The lowest BCUT2D eigenvalue weighted by molar-refractivity contribution is -0.118. The van der Waals surface area contributed by atoms with Gasteiger partial charge in [-0.3, -0.25) is 4.79 Å². The quantitative estimate of drug-likeness (QED) is 0.764. The highest BCUT2D eigenvalue weighted by molar-refractivity contribution is 6.01. The molecule has 0 spiro atoms. The second-order valence-electron chi connectivity index (χ2n) is 6.04. The topological polar surface area (TPSA) is 107 Å². The Hall–Kier alpha value is -3.53. The average Bonchev–Trinajstić information content (AvgIpc) is 3.29. The molecule has 0 unspecified atom stereocenters. The first-order valence-electron chi connectivity index (χ1n) is 7.87. The second kappa shape index (κ2) is 5.83. The molecule has 7 heteroatoms. The molecule has 0 bridgehead atoms. The molecular weight excluding hydrogens is 316 g/mol. The number of tetrazole rings is 1. The Morgan fingerprint density at radius 2 is 1.84 bits per heavy atom. The number of rotatable bonds is 4. The van der Waals surface area contributed by atoms with E-state index in [0.29, 0.717) is 11.4 Å². The van der Waals surface area contributed by atoms with Crippen LogP contribution in [0.5, 0.6) is 0 Å². The fourth-order valence-corrected chi connectivity index (χ4v) is 2.87. The predicted octanol–water partition coefficient (Wildman–Crippen LogP) is 2.41. The van der Waals surface area contributed by atoms with Crippen molar-refractivity contribution in [3.05, 3.63) is 59.7 Å². The number of H-pyrrole nitrogens is 1. The van der Waals surface area contributed by atoms with Gasteiger partial charge in [0, 0.05) is 11.3 Å². The van der Waals surface area contributed by atoms with Crippen molar-refractivity contribution in [3.8, 4) is 17.5 Å². The Morgan fingerprint density at radius 3 is 2.40 bits per heavy atom. The molecule has 25 heavy (non-hydrogen) atoms. The van der Waals surface area contributed by atoms with E-state index in [0.717, 1.165) is 29.7 Å². The van der Waals surface area contributed by atoms with Crippen LogP contribution in [0.4, 0.5) is 5.69 Å². The van der Waals surface area contributed by atoms with E-state index in [-0.39, 0.29) is 5.91 Å². The third-order valence-electron chi connectivity index (χ3n) is 4.50. The Balaban J connectivity index is 1.50. The number of amides is 1.